The lowest BCUT2D eigenvalue weighted by atomic mass is 10.2. The van der Waals surface area contributed by atoms with Crippen LogP contribution in [0.25, 0.3) is 0 Å². The van der Waals surface area contributed by atoms with E-state index in [2.05, 4.69) is 30.5 Å². The van der Waals surface area contributed by atoms with Gasteiger partial charge in [-0.15, -0.1) is 0 Å². The van der Waals surface area contributed by atoms with E-state index in [1.165, 1.54) is 6.07 Å². The number of aromatic nitrogens is 3. The van der Waals surface area contributed by atoms with E-state index in [1.54, 1.807) is 6.07 Å². The number of aliphatic hydroxyl groups excluding tert-OH is 1. The van der Waals surface area contributed by atoms with Crippen molar-refractivity contribution in [2.45, 2.75) is 26.2 Å². The fourth-order valence-corrected chi connectivity index (χ4v) is 4.08. The van der Waals surface area contributed by atoms with Crippen LogP contribution in [0.2, 0.25) is 5.02 Å². The van der Waals surface area contributed by atoms with Gasteiger partial charge in [0.25, 0.3) is 0 Å². The zero-order valence-electron chi connectivity index (χ0n) is 19.8. The second-order valence-electron chi connectivity index (χ2n) is 8.51. The smallest absolute Gasteiger partial charge is 0.233 e. The maximum Gasteiger partial charge on any atom is 0.233 e. The molecule has 3 aromatic rings. The highest BCUT2D eigenvalue weighted by Crippen LogP contribution is 2.25. The van der Waals surface area contributed by atoms with Gasteiger partial charge in [0.2, 0.25) is 17.8 Å². The number of nitrogens with one attached hydrogen (secondary N) is 2. The van der Waals surface area contributed by atoms with E-state index in [1.807, 2.05) is 42.2 Å². The lowest BCUT2D eigenvalue weighted by molar-refractivity contribution is 0.283. The van der Waals surface area contributed by atoms with Crippen LogP contribution in [-0.2, 0) is 0 Å². The number of rotatable bonds is 10. The number of aliphatic hydroxyl groups is 1. The van der Waals surface area contributed by atoms with Crippen LogP contribution >= 0.6 is 11.6 Å². The number of anilines is 5. The molecule has 0 spiro atoms. The quantitative estimate of drug-likeness (QED) is 0.348. The van der Waals surface area contributed by atoms with Crippen LogP contribution in [0, 0.1) is 12.7 Å². The molecule has 3 N–H and O–H groups in total. The van der Waals surface area contributed by atoms with Gasteiger partial charge < -0.3 is 25.5 Å². The zero-order chi connectivity index (χ0) is 24.6. The van der Waals surface area contributed by atoms with Crippen molar-refractivity contribution < 1.29 is 9.50 Å². The topological polar surface area (TPSA) is 89.4 Å². The molecule has 10 heteroatoms. The molecule has 1 aliphatic heterocycles. The number of unbranched alkanes of at least 4 members (excludes halogenated alkanes) is 2. The summed E-state index contributed by atoms with van der Waals surface area (Å²) in [6.07, 6.45) is 2.61. The van der Waals surface area contributed by atoms with Crippen molar-refractivity contribution in [2.75, 3.05) is 59.8 Å². The Hall–Kier alpha value is -3.17. The van der Waals surface area contributed by atoms with Crippen LogP contribution in [0.15, 0.2) is 42.5 Å². The first kappa shape index (κ1) is 24.9. The maximum absolute atomic E-state index is 14.2. The Labute approximate surface area is 210 Å². The van der Waals surface area contributed by atoms with Gasteiger partial charge in [0.1, 0.15) is 5.82 Å². The van der Waals surface area contributed by atoms with Gasteiger partial charge in [-0.1, -0.05) is 23.7 Å². The number of nitrogens with zero attached hydrogens (tertiary/aromatic N) is 5. The lowest BCUT2D eigenvalue weighted by Gasteiger charge is -2.36. The molecule has 186 valence electrons. The number of aryl methyl sites for hydroxylation is 1. The Morgan fingerprint density at radius 3 is 2.43 bits per heavy atom. The van der Waals surface area contributed by atoms with Crippen molar-refractivity contribution in [3.8, 4) is 0 Å². The number of hydrogen-bond donors (Lipinski definition) is 3. The molecule has 1 saturated heterocycles. The molecule has 0 radical (unpaired) electrons. The molecule has 4 rings (SSSR count). The molecule has 2 heterocycles. The first-order valence-corrected chi connectivity index (χ1v) is 12.3. The summed E-state index contributed by atoms with van der Waals surface area (Å²) in [5.74, 6) is 1.28. The number of hydrogen-bond acceptors (Lipinski definition) is 8. The van der Waals surface area contributed by atoms with Crippen LogP contribution in [0.3, 0.4) is 0 Å². The van der Waals surface area contributed by atoms with Gasteiger partial charge in [-0.3, -0.25) is 0 Å². The van der Waals surface area contributed by atoms with Gasteiger partial charge in [-0.2, -0.15) is 15.0 Å². The zero-order valence-corrected chi connectivity index (χ0v) is 20.6. The van der Waals surface area contributed by atoms with E-state index >= 15 is 0 Å². The minimum Gasteiger partial charge on any atom is -0.396 e. The summed E-state index contributed by atoms with van der Waals surface area (Å²) in [6, 6.07) is 12.5. The van der Waals surface area contributed by atoms with E-state index in [-0.39, 0.29) is 12.4 Å². The first-order chi connectivity index (χ1) is 17.0. The van der Waals surface area contributed by atoms with Crippen molar-refractivity contribution in [3.63, 3.8) is 0 Å². The number of para-hydroxylation sites is 1. The average Bonchev–Trinajstić information content (AvgIpc) is 2.86. The second-order valence-corrected chi connectivity index (χ2v) is 8.92. The molecule has 0 atom stereocenters. The highest BCUT2D eigenvalue weighted by Gasteiger charge is 2.22. The highest BCUT2D eigenvalue weighted by molar-refractivity contribution is 6.31. The van der Waals surface area contributed by atoms with E-state index in [4.69, 9.17) is 16.7 Å². The number of halogens is 2. The van der Waals surface area contributed by atoms with Crippen molar-refractivity contribution in [1.82, 2.24) is 15.0 Å². The fraction of sp³-hybridized carbons (Fsp3) is 0.400. The summed E-state index contributed by atoms with van der Waals surface area (Å²) in [6.45, 7) is 5.49. The molecular weight excluding hydrogens is 469 g/mol. The van der Waals surface area contributed by atoms with Gasteiger partial charge in [0, 0.05) is 50.0 Å². The van der Waals surface area contributed by atoms with Gasteiger partial charge in [-0.25, -0.2) is 4.39 Å². The van der Waals surface area contributed by atoms with Crippen molar-refractivity contribution in [2.24, 2.45) is 0 Å². The van der Waals surface area contributed by atoms with Gasteiger partial charge in [-0.05, 0) is 62.1 Å². The van der Waals surface area contributed by atoms with Gasteiger partial charge in [0.15, 0.2) is 0 Å². The predicted molar refractivity (Wildman–Crippen MR) is 140 cm³/mol. The van der Waals surface area contributed by atoms with E-state index in [0.717, 1.165) is 30.5 Å². The molecule has 35 heavy (non-hydrogen) atoms. The van der Waals surface area contributed by atoms with E-state index in [9.17, 15) is 4.39 Å². The van der Waals surface area contributed by atoms with Crippen molar-refractivity contribution in [3.05, 3.63) is 58.9 Å². The van der Waals surface area contributed by atoms with E-state index in [0.29, 0.717) is 61.3 Å². The van der Waals surface area contributed by atoms with Crippen LogP contribution in [-0.4, -0.2) is 59.4 Å². The van der Waals surface area contributed by atoms with Crippen LogP contribution in [0.4, 0.5) is 33.6 Å². The molecule has 1 fully saturated rings. The molecule has 0 saturated carbocycles. The maximum atomic E-state index is 14.2. The third kappa shape index (κ3) is 6.70. The Bertz CT molecular complexity index is 1120. The normalized spacial score (nSPS) is 13.7. The van der Waals surface area contributed by atoms with Crippen molar-refractivity contribution in [1.29, 1.82) is 0 Å². The van der Waals surface area contributed by atoms with Gasteiger partial charge in [0.05, 0.1) is 5.69 Å². The summed E-state index contributed by atoms with van der Waals surface area (Å²) in [7, 11) is 0. The molecule has 1 aliphatic rings. The molecule has 0 bridgehead atoms. The minimum absolute atomic E-state index is 0.198. The number of piperazine rings is 1. The molecule has 0 amide bonds. The summed E-state index contributed by atoms with van der Waals surface area (Å²) < 4.78 is 14.2. The predicted octanol–water partition coefficient (Wildman–Crippen LogP) is 4.62. The third-order valence-corrected chi connectivity index (χ3v) is 6.34. The molecule has 2 aromatic carbocycles. The lowest BCUT2D eigenvalue weighted by Crippen LogP contribution is -2.47. The Kier molecular flexibility index (Phi) is 8.54. The SMILES string of the molecule is Cc1cc(Nc2nc(NCCCCCO)nc(N3CCN(c4ccccc4F)CC3)n2)ccc1Cl. The summed E-state index contributed by atoms with van der Waals surface area (Å²) in [5.41, 5.74) is 2.41. The Balaban J connectivity index is 1.49. The average molecular weight is 500 g/mol. The summed E-state index contributed by atoms with van der Waals surface area (Å²) in [4.78, 5) is 18.0. The molecule has 1 aromatic heterocycles. The second kappa shape index (κ2) is 12.0. The fourth-order valence-electron chi connectivity index (χ4n) is 3.96. The molecule has 0 aliphatic carbocycles. The standard InChI is InChI=1S/C25H31ClFN7O/c1-18-17-19(9-10-20(18)26)29-24-30-23(28-11-5-2-6-16-35)31-25(32-24)34-14-12-33(13-15-34)22-8-4-3-7-21(22)27/h3-4,7-10,17,35H,2,5-6,11-16H2,1H3,(H2,28,29,30,31,32). The largest absolute Gasteiger partial charge is 0.396 e. The molecule has 0 unspecified atom stereocenters. The molecular formula is C25H31ClFN7O. The number of benzene rings is 2. The van der Waals surface area contributed by atoms with Crippen LogP contribution in [0.1, 0.15) is 24.8 Å². The van der Waals surface area contributed by atoms with Crippen LogP contribution < -0.4 is 20.4 Å². The third-order valence-electron chi connectivity index (χ3n) is 5.91. The monoisotopic (exact) mass is 499 g/mol. The minimum atomic E-state index is -0.210. The Morgan fingerprint density at radius 1 is 0.943 bits per heavy atom. The molecule has 8 nitrogen and oxygen atoms in total. The van der Waals surface area contributed by atoms with Crippen LogP contribution in [0.5, 0.6) is 0 Å². The Morgan fingerprint density at radius 2 is 1.69 bits per heavy atom. The highest BCUT2D eigenvalue weighted by atomic mass is 35.5. The summed E-state index contributed by atoms with van der Waals surface area (Å²) >= 11 is 6.17. The van der Waals surface area contributed by atoms with E-state index < -0.39 is 0 Å². The van der Waals surface area contributed by atoms with Crippen molar-refractivity contribution >= 4 is 40.8 Å². The van der Waals surface area contributed by atoms with Gasteiger partial charge >= 0.3 is 0 Å². The first-order valence-electron chi connectivity index (χ1n) is 11.9. The summed E-state index contributed by atoms with van der Waals surface area (Å²) in [5, 5.41) is 16.2.